The zero-order chi connectivity index (χ0) is 23.7. The van der Waals surface area contributed by atoms with E-state index in [2.05, 4.69) is 4.99 Å². The molecule has 0 radical (unpaired) electrons. The summed E-state index contributed by atoms with van der Waals surface area (Å²) in [6.45, 7) is 2.19. The highest BCUT2D eigenvalue weighted by Gasteiger charge is 2.27. The number of aliphatic imine (C=N–C) groups is 1. The monoisotopic (exact) mass is 480 g/mol. The van der Waals surface area contributed by atoms with E-state index >= 15 is 0 Å². The minimum atomic E-state index is -0.589. The van der Waals surface area contributed by atoms with Gasteiger partial charge < -0.3 is 14.7 Å². The fourth-order valence-electron chi connectivity index (χ4n) is 4.27. The van der Waals surface area contributed by atoms with Gasteiger partial charge in [0.05, 0.1) is 21.7 Å². The number of halogens is 2. The molecule has 3 heterocycles. The first-order valence-electron chi connectivity index (χ1n) is 10.9. The third kappa shape index (κ3) is 4.31. The summed E-state index contributed by atoms with van der Waals surface area (Å²) in [4.78, 5) is 35.7. The molecule has 1 fully saturated rings. The van der Waals surface area contributed by atoms with Crippen molar-refractivity contribution in [3.05, 3.63) is 87.1 Å². The molecule has 0 unspecified atom stereocenters. The number of hydrogen-bond donors (Lipinski definition) is 0. The molecule has 6 nitrogen and oxygen atoms in total. The summed E-state index contributed by atoms with van der Waals surface area (Å²) in [5, 5.41) is 1.86. The van der Waals surface area contributed by atoms with Gasteiger partial charge in [0.1, 0.15) is 18.3 Å². The average molecular weight is 481 g/mol. The molecule has 5 rings (SSSR count). The number of rotatable bonds is 4. The average Bonchev–Trinajstić information content (AvgIpc) is 3.40. The lowest BCUT2D eigenvalue weighted by Crippen LogP contribution is -2.50. The van der Waals surface area contributed by atoms with Gasteiger partial charge in [0.15, 0.2) is 0 Å². The van der Waals surface area contributed by atoms with Crippen LogP contribution in [-0.2, 0) is 6.54 Å². The van der Waals surface area contributed by atoms with Crippen LogP contribution in [0.15, 0.2) is 58.9 Å². The number of fused-ring (bicyclic) bond motifs is 1. The first kappa shape index (κ1) is 22.2. The second kappa shape index (κ2) is 9.34. The molecule has 0 spiro atoms. The highest BCUT2D eigenvalue weighted by atomic mass is 32.1. The summed E-state index contributed by atoms with van der Waals surface area (Å²) < 4.78 is 28.8. The Kier molecular flexibility index (Phi) is 6.10. The number of nitrogens with zero attached hydrogens (tertiary/aromatic N) is 4. The smallest absolute Gasteiger partial charge is 0.264 e. The van der Waals surface area contributed by atoms with E-state index in [-0.39, 0.29) is 17.3 Å². The van der Waals surface area contributed by atoms with E-state index in [1.807, 2.05) is 22.4 Å². The third-order valence-electron chi connectivity index (χ3n) is 6.06. The minimum Gasteiger partial charge on any atom is -0.347 e. The summed E-state index contributed by atoms with van der Waals surface area (Å²) in [7, 11) is 0. The highest BCUT2D eigenvalue weighted by molar-refractivity contribution is 7.12. The Morgan fingerprint density at radius 3 is 2.41 bits per heavy atom. The van der Waals surface area contributed by atoms with Crippen molar-refractivity contribution in [3.63, 3.8) is 0 Å². The lowest BCUT2D eigenvalue weighted by molar-refractivity contribution is 0.0535. The van der Waals surface area contributed by atoms with Crippen LogP contribution < -0.4 is 4.90 Å². The maximum absolute atomic E-state index is 14.6. The molecule has 0 N–H and O–H groups in total. The van der Waals surface area contributed by atoms with Crippen molar-refractivity contribution in [1.29, 1.82) is 0 Å². The topological polar surface area (TPSA) is 56.2 Å². The molecule has 2 aliphatic rings. The molecule has 3 aromatic rings. The molecule has 34 heavy (non-hydrogen) atoms. The van der Waals surface area contributed by atoms with Crippen LogP contribution in [0.3, 0.4) is 0 Å². The number of anilines is 1. The number of carbonyl (C=O) groups excluding carboxylic acids is 2. The van der Waals surface area contributed by atoms with Crippen LogP contribution in [0, 0.1) is 11.6 Å². The predicted octanol–water partition coefficient (Wildman–Crippen LogP) is 4.02. The first-order valence-corrected chi connectivity index (χ1v) is 11.8. The van der Waals surface area contributed by atoms with Crippen molar-refractivity contribution in [2.45, 2.75) is 6.54 Å². The summed E-state index contributed by atoms with van der Waals surface area (Å²) >= 11 is 1.39. The van der Waals surface area contributed by atoms with Crippen molar-refractivity contribution < 1.29 is 18.4 Å². The lowest BCUT2D eigenvalue weighted by atomic mass is 10.1. The van der Waals surface area contributed by atoms with Crippen LogP contribution in [0.2, 0.25) is 0 Å². The highest BCUT2D eigenvalue weighted by Crippen LogP contribution is 2.27. The number of hydrogen-bond acceptors (Lipinski definition) is 5. The number of thiophene rings is 1. The quantitative estimate of drug-likeness (QED) is 0.567. The fourth-order valence-corrected chi connectivity index (χ4v) is 4.96. The Balaban J connectivity index is 1.28. The van der Waals surface area contributed by atoms with Gasteiger partial charge in [-0.3, -0.25) is 14.6 Å². The Morgan fingerprint density at radius 1 is 0.912 bits per heavy atom. The molecule has 0 aliphatic carbocycles. The van der Waals surface area contributed by atoms with Gasteiger partial charge in [-0.25, -0.2) is 8.78 Å². The van der Waals surface area contributed by atoms with Crippen molar-refractivity contribution >= 4 is 35.1 Å². The maximum Gasteiger partial charge on any atom is 0.264 e. The maximum atomic E-state index is 14.6. The van der Waals surface area contributed by atoms with E-state index in [9.17, 15) is 18.4 Å². The second-order valence-corrected chi connectivity index (χ2v) is 9.15. The van der Waals surface area contributed by atoms with Gasteiger partial charge in [0.25, 0.3) is 11.8 Å². The molecule has 0 saturated carbocycles. The summed E-state index contributed by atoms with van der Waals surface area (Å²) in [6, 6.07) is 12.9. The molecule has 1 saturated heterocycles. The van der Waals surface area contributed by atoms with E-state index in [0.29, 0.717) is 55.5 Å². The van der Waals surface area contributed by atoms with Crippen LogP contribution in [0.4, 0.5) is 14.5 Å². The standard InChI is InChI=1S/C25H22F2N4O2S/c26-20-3-1-4-22-19(20)14-28-16-31(22)15-17-6-7-21(27)18(13-17)24(32)29-8-10-30(11-9-29)25(33)23-5-2-12-34-23/h1-7,12-14H,8-11,15-16H2. The largest absolute Gasteiger partial charge is 0.347 e. The van der Waals surface area contributed by atoms with Gasteiger partial charge in [-0.05, 0) is 41.3 Å². The van der Waals surface area contributed by atoms with Crippen molar-refractivity contribution in [3.8, 4) is 0 Å². The van der Waals surface area contributed by atoms with Gasteiger partial charge in [0.2, 0.25) is 0 Å². The molecular formula is C25H22F2N4O2S. The van der Waals surface area contributed by atoms with Crippen LogP contribution in [0.25, 0.3) is 0 Å². The summed E-state index contributed by atoms with van der Waals surface area (Å²) in [5.74, 6) is -1.38. The van der Waals surface area contributed by atoms with Crippen molar-refractivity contribution in [2.75, 3.05) is 37.7 Å². The molecule has 2 aliphatic heterocycles. The minimum absolute atomic E-state index is 0.00416. The Morgan fingerprint density at radius 2 is 1.68 bits per heavy atom. The molecular weight excluding hydrogens is 458 g/mol. The molecule has 174 valence electrons. The van der Waals surface area contributed by atoms with E-state index in [4.69, 9.17) is 0 Å². The predicted molar refractivity (Wildman–Crippen MR) is 128 cm³/mol. The van der Waals surface area contributed by atoms with E-state index in [1.54, 1.807) is 34.1 Å². The third-order valence-corrected chi connectivity index (χ3v) is 6.92. The number of piperazine rings is 1. The first-order chi connectivity index (χ1) is 16.5. The van der Waals surface area contributed by atoms with E-state index in [0.717, 1.165) is 5.56 Å². The van der Waals surface area contributed by atoms with Crippen LogP contribution in [0.1, 0.15) is 31.2 Å². The lowest BCUT2D eigenvalue weighted by Gasteiger charge is -2.34. The molecule has 0 atom stereocenters. The van der Waals surface area contributed by atoms with Crippen LogP contribution in [-0.4, -0.2) is 60.7 Å². The zero-order valence-corrected chi connectivity index (χ0v) is 19.1. The SMILES string of the molecule is O=C(c1cccs1)N1CCN(C(=O)c2cc(CN3CN=Cc4c(F)cccc43)ccc2F)CC1. The number of carbonyl (C=O) groups is 2. The molecule has 0 bridgehead atoms. The fraction of sp³-hybridized carbons (Fsp3) is 0.240. The molecule has 2 amide bonds. The Labute approximate surface area is 199 Å². The van der Waals surface area contributed by atoms with Crippen molar-refractivity contribution in [2.24, 2.45) is 4.99 Å². The van der Waals surface area contributed by atoms with Crippen LogP contribution >= 0.6 is 11.3 Å². The van der Waals surface area contributed by atoms with Crippen LogP contribution in [0.5, 0.6) is 0 Å². The molecule has 1 aromatic heterocycles. The Hall–Kier alpha value is -3.59. The molecule has 2 aromatic carbocycles. The van der Waals surface area contributed by atoms with Gasteiger partial charge in [-0.1, -0.05) is 18.2 Å². The summed E-state index contributed by atoms with van der Waals surface area (Å²) in [6.07, 6.45) is 1.52. The Bertz CT molecular complexity index is 1250. The van der Waals surface area contributed by atoms with Gasteiger partial charge in [-0.15, -0.1) is 11.3 Å². The second-order valence-electron chi connectivity index (χ2n) is 8.20. The van der Waals surface area contributed by atoms with E-state index < -0.39 is 11.7 Å². The van der Waals surface area contributed by atoms with E-state index in [1.165, 1.54) is 29.7 Å². The zero-order valence-electron chi connectivity index (χ0n) is 18.3. The van der Waals surface area contributed by atoms with Gasteiger partial charge in [-0.2, -0.15) is 0 Å². The number of benzene rings is 2. The van der Waals surface area contributed by atoms with Crippen molar-refractivity contribution in [1.82, 2.24) is 9.80 Å². The summed E-state index contributed by atoms with van der Waals surface area (Å²) in [5.41, 5.74) is 1.85. The van der Waals surface area contributed by atoms with Gasteiger partial charge in [0, 0.05) is 38.9 Å². The normalized spacial score (nSPS) is 15.4. The molecule has 9 heteroatoms. The number of amides is 2. The van der Waals surface area contributed by atoms with Gasteiger partial charge >= 0.3 is 0 Å².